The van der Waals surface area contributed by atoms with Gasteiger partial charge in [-0.05, 0) is 30.5 Å². The zero-order valence-electron chi connectivity index (χ0n) is 14.1. The first-order valence-electron chi connectivity index (χ1n) is 8.18. The first-order chi connectivity index (χ1) is 12.0. The maximum Gasteiger partial charge on any atom is 0.242 e. The van der Waals surface area contributed by atoms with E-state index in [9.17, 15) is 8.42 Å². The Labute approximate surface area is 171 Å². The molecule has 0 spiro atoms. The van der Waals surface area contributed by atoms with E-state index in [4.69, 9.17) is 23.2 Å². The van der Waals surface area contributed by atoms with Gasteiger partial charge >= 0.3 is 0 Å². The van der Waals surface area contributed by atoms with Crippen LogP contribution in [0.2, 0.25) is 10.0 Å². The molecule has 4 nitrogen and oxygen atoms in total. The van der Waals surface area contributed by atoms with Gasteiger partial charge in [0, 0.05) is 25.7 Å². The van der Waals surface area contributed by atoms with Gasteiger partial charge in [0.15, 0.2) is 0 Å². The summed E-state index contributed by atoms with van der Waals surface area (Å²) in [5.74, 6) is 0. The molecule has 1 fully saturated rings. The van der Waals surface area contributed by atoms with Crippen molar-refractivity contribution >= 4 is 45.6 Å². The van der Waals surface area contributed by atoms with Gasteiger partial charge in [-0.15, -0.1) is 12.4 Å². The van der Waals surface area contributed by atoms with Crippen LogP contribution in [0.1, 0.15) is 18.4 Å². The Morgan fingerprint density at radius 3 is 2.31 bits per heavy atom. The fourth-order valence-electron chi connectivity index (χ4n) is 3.03. The van der Waals surface area contributed by atoms with E-state index in [1.807, 2.05) is 18.2 Å². The molecule has 0 bridgehead atoms. The van der Waals surface area contributed by atoms with E-state index >= 15 is 0 Å². The summed E-state index contributed by atoms with van der Waals surface area (Å²) in [5, 5.41) is 0.306. The topological polar surface area (TPSA) is 49.4 Å². The van der Waals surface area contributed by atoms with E-state index in [1.165, 1.54) is 11.6 Å². The molecule has 1 aliphatic rings. The largest absolute Gasteiger partial charge is 0.299 e. The maximum atomic E-state index is 12.6. The summed E-state index contributed by atoms with van der Waals surface area (Å²) in [6.07, 6.45) is 1.54. The highest BCUT2D eigenvalue weighted by Gasteiger charge is 2.26. The third-order valence-electron chi connectivity index (χ3n) is 4.36. The standard InChI is InChI=1S/C18H20Cl2N2O2S.ClH/c19-16-7-4-8-17(18(16)20)25(23,24)21-15-9-11-22(12-10-15)13-14-5-2-1-3-6-14;/h1-8,15,21H,9-13H2;1H. The van der Waals surface area contributed by atoms with Crippen LogP contribution in [0.25, 0.3) is 0 Å². The average molecular weight is 436 g/mol. The number of likely N-dealkylation sites (tertiary alicyclic amines) is 1. The van der Waals surface area contributed by atoms with Crippen molar-refractivity contribution in [3.63, 3.8) is 0 Å². The van der Waals surface area contributed by atoms with Crippen LogP contribution in [0, 0.1) is 0 Å². The number of sulfonamides is 1. The van der Waals surface area contributed by atoms with E-state index in [2.05, 4.69) is 21.8 Å². The van der Waals surface area contributed by atoms with Crippen LogP contribution in [0.5, 0.6) is 0 Å². The number of nitrogens with one attached hydrogen (secondary N) is 1. The van der Waals surface area contributed by atoms with E-state index < -0.39 is 10.0 Å². The highest BCUT2D eigenvalue weighted by molar-refractivity contribution is 7.89. The molecule has 2 aromatic carbocycles. The molecule has 0 amide bonds. The maximum absolute atomic E-state index is 12.6. The lowest BCUT2D eigenvalue weighted by Crippen LogP contribution is -2.44. The third-order valence-corrected chi connectivity index (χ3v) is 6.86. The second kappa shape index (κ2) is 9.40. The molecule has 0 unspecified atom stereocenters. The summed E-state index contributed by atoms with van der Waals surface area (Å²) in [6, 6.07) is 14.8. The van der Waals surface area contributed by atoms with E-state index in [0.29, 0.717) is 0 Å². The Morgan fingerprint density at radius 1 is 1.00 bits per heavy atom. The second-order valence-electron chi connectivity index (χ2n) is 6.21. The molecule has 0 saturated carbocycles. The van der Waals surface area contributed by atoms with Crippen molar-refractivity contribution in [2.24, 2.45) is 0 Å². The quantitative estimate of drug-likeness (QED) is 0.759. The van der Waals surface area contributed by atoms with Crippen molar-refractivity contribution in [1.82, 2.24) is 9.62 Å². The molecule has 3 rings (SSSR count). The molecule has 0 radical (unpaired) electrons. The number of piperidine rings is 1. The van der Waals surface area contributed by atoms with E-state index in [1.54, 1.807) is 12.1 Å². The Kier molecular flexibility index (Phi) is 7.76. The summed E-state index contributed by atoms with van der Waals surface area (Å²) in [5.41, 5.74) is 1.27. The smallest absolute Gasteiger partial charge is 0.242 e. The summed E-state index contributed by atoms with van der Waals surface area (Å²) in [6.45, 7) is 2.59. The highest BCUT2D eigenvalue weighted by Crippen LogP contribution is 2.29. The molecule has 1 heterocycles. The van der Waals surface area contributed by atoms with Crippen LogP contribution >= 0.6 is 35.6 Å². The van der Waals surface area contributed by atoms with Crippen molar-refractivity contribution in [3.05, 3.63) is 64.1 Å². The normalized spacial score (nSPS) is 16.2. The van der Waals surface area contributed by atoms with E-state index in [-0.39, 0.29) is 33.4 Å². The first kappa shape index (κ1) is 21.5. The second-order valence-corrected chi connectivity index (χ2v) is 8.68. The molecule has 0 atom stereocenters. The van der Waals surface area contributed by atoms with Gasteiger partial charge in [-0.25, -0.2) is 13.1 Å². The van der Waals surface area contributed by atoms with Crippen LogP contribution < -0.4 is 4.72 Å². The SMILES string of the molecule is Cl.O=S(=O)(NC1CCN(Cc2ccccc2)CC1)c1cccc(Cl)c1Cl. The number of benzene rings is 2. The molecule has 2 aromatic rings. The predicted molar refractivity (Wildman–Crippen MR) is 109 cm³/mol. The van der Waals surface area contributed by atoms with Gasteiger partial charge < -0.3 is 0 Å². The molecular formula is C18H21Cl3N2O2S. The molecule has 0 aliphatic carbocycles. The minimum Gasteiger partial charge on any atom is -0.299 e. The Balaban J connectivity index is 0.00000243. The van der Waals surface area contributed by atoms with Gasteiger partial charge in [0.1, 0.15) is 4.90 Å². The van der Waals surface area contributed by atoms with Crippen molar-refractivity contribution in [2.75, 3.05) is 13.1 Å². The van der Waals surface area contributed by atoms with E-state index in [0.717, 1.165) is 32.5 Å². The van der Waals surface area contributed by atoms with Crippen molar-refractivity contribution in [3.8, 4) is 0 Å². The zero-order chi connectivity index (χ0) is 17.9. The number of rotatable bonds is 5. The average Bonchev–Trinajstić information content (AvgIpc) is 2.59. The van der Waals surface area contributed by atoms with Crippen LogP contribution in [-0.2, 0) is 16.6 Å². The summed E-state index contributed by atoms with van der Waals surface area (Å²) >= 11 is 12.0. The number of hydrogen-bond acceptors (Lipinski definition) is 3. The molecule has 26 heavy (non-hydrogen) atoms. The van der Waals surface area contributed by atoms with Crippen molar-refractivity contribution in [2.45, 2.75) is 30.3 Å². The number of nitrogens with zero attached hydrogens (tertiary/aromatic N) is 1. The zero-order valence-corrected chi connectivity index (χ0v) is 17.2. The summed E-state index contributed by atoms with van der Waals surface area (Å²) < 4.78 is 27.9. The molecule has 142 valence electrons. The fraction of sp³-hybridized carbons (Fsp3) is 0.333. The lowest BCUT2D eigenvalue weighted by molar-refractivity contribution is 0.200. The van der Waals surface area contributed by atoms with Crippen molar-refractivity contribution < 1.29 is 8.42 Å². The van der Waals surface area contributed by atoms with Crippen LogP contribution in [0.3, 0.4) is 0 Å². The molecular weight excluding hydrogens is 415 g/mol. The predicted octanol–water partition coefficient (Wildman–Crippen LogP) is 4.36. The number of halogens is 3. The molecule has 0 aromatic heterocycles. The Morgan fingerprint density at radius 2 is 1.65 bits per heavy atom. The lowest BCUT2D eigenvalue weighted by Gasteiger charge is -2.32. The first-order valence-corrected chi connectivity index (χ1v) is 10.4. The van der Waals surface area contributed by atoms with Gasteiger partial charge in [-0.3, -0.25) is 4.90 Å². The molecule has 8 heteroatoms. The third kappa shape index (κ3) is 5.35. The van der Waals surface area contributed by atoms with Crippen molar-refractivity contribution in [1.29, 1.82) is 0 Å². The summed E-state index contributed by atoms with van der Waals surface area (Å²) in [4.78, 5) is 2.38. The highest BCUT2D eigenvalue weighted by atomic mass is 35.5. The van der Waals surface area contributed by atoms with Gasteiger partial charge in [-0.2, -0.15) is 0 Å². The van der Waals surface area contributed by atoms with Gasteiger partial charge in [0.05, 0.1) is 10.0 Å². The minimum atomic E-state index is -3.67. The van der Waals surface area contributed by atoms with Crippen LogP contribution in [-0.4, -0.2) is 32.4 Å². The fourth-order valence-corrected chi connectivity index (χ4v) is 5.09. The minimum absolute atomic E-state index is 0. The monoisotopic (exact) mass is 434 g/mol. The van der Waals surface area contributed by atoms with Crippen LogP contribution in [0.15, 0.2) is 53.4 Å². The lowest BCUT2D eigenvalue weighted by atomic mass is 10.1. The molecule has 1 saturated heterocycles. The van der Waals surface area contributed by atoms with Gasteiger partial charge in [0.25, 0.3) is 0 Å². The molecule has 1 N–H and O–H groups in total. The molecule has 1 aliphatic heterocycles. The van der Waals surface area contributed by atoms with Crippen LogP contribution in [0.4, 0.5) is 0 Å². The Bertz CT molecular complexity index is 824. The van der Waals surface area contributed by atoms with Gasteiger partial charge in [-0.1, -0.05) is 59.6 Å². The summed E-state index contributed by atoms with van der Waals surface area (Å²) in [7, 11) is -3.67. The number of hydrogen-bond donors (Lipinski definition) is 1. The van der Waals surface area contributed by atoms with Gasteiger partial charge in [0.2, 0.25) is 10.0 Å². The Hall–Kier alpha value is -0.820.